The molecular formula is C13H15BrN2O5. The lowest BCUT2D eigenvalue weighted by molar-refractivity contribution is -0.385. The molecule has 8 heteroatoms. The highest BCUT2D eigenvalue weighted by molar-refractivity contribution is 9.10. The minimum Gasteiger partial charge on any atom is -0.481 e. The quantitative estimate of drug-likeness (QED) is 0.442. The average molecular weight is 359 g/mol. The highest BCUT2D eigenvalue weighted by Crippen LogP contribution is 2.21. The van der Waals surface area contributed by atoms with Crippen molar-refractivity contribution >= 4 is 33.5 Å². The fraction of sp³-hybridized carbons (Fsp3) is 0.385. The van der Waals surface area contributed by atoms with Gasteiger partial charge in [0.1, 0.15) is 0 Å². The molecule has 0 bridgehead atoms. The van der Waals surface area contributed by atoms with Gasteiger partial charge in [-0.05, 0) is 18.9 Å². The van der Waals surface area contributed by atoms with Crippen molar-refractivity contribution in [3.8, 4) is 0 Å². The van der Waals surface area contributed by atoms with Gasteiger partial charge in [-0.15, -0.1) is 0 Å². The Morgan fingerprint density at radius 1 is 1.43 bits per heavy atom. The summed E-state index contributed by atoms with van der Waals surface area (Å²) in [4.78, 5) is 32.7. The highest BCUT2D eigenvalue weighted by atomic mass is 79.9. The predicted octanol–water partition coefficient (Wildman–Crippen LogP) is 2.59. The van der Waals surface area contributed by atoms with Crippen LogP contribution in [0.25, 0.3) is 0 Å². The van der Waals surface area contributed by atoms with Gasteiger partial charge in [0, 0.05) is 28.7 Å². The molecule has 1 unspecified atom stereocenters. The van der Waals surface area contributed by atoms with Gasteiger partial charge in [-0.2, -0.15) is 0 Å². The molecule has 0 aromatic heterocycles. The topological polar surface area (TPSA) is 110 Å². The molecule has 0 saturated heterocycles. The van der Waals surface area contributed by atoms with Crippen LogP contribution < -0.4 is 5.32 Å². The monoisotopic (exact) mass is 358 g/mol. The van der Waals surface area contributed by atoms with Crippen molar-refractivity contribution in [1.29, 1.82) is 0 Å². The SMILES string of the molecule is CC(CCCNC(=O)c1cc(Br)cc([N+](=O)[O-])c1)C(=O)O. The van der Waals surface area contributed by atoms with Gasteiger partial charge >= 0.3 is 5.97 Å². The molecule has 1 aromatic rings. The van der Waals surface area contributed by atoms with Gasteiger partial charge in [-0.3, -0.25) is 19.7 Å². The van der Waals surface area contributed by atoms with Crippen molar-refractivity contribution in [3.05, 3.63) is 38.3 Å². The van der Waals surface area contributed by atoms with Crippen molar-refractivity contribution in [3.63, 3.8) is 0 Å². The number of carboxylic acid groups (broad SMARTS) is 1. The van der Waals surface area contributed by atoms with Crippen molar-refractivity contribution < 1.29 is 19.6 Å². The van der Waals surface area contributed by atoms with E-state index in [1.165, 1.54) is 18.2 Å². The molecule has 0 fully saturated rings. The number of nitro benzene ring substituents is 1. The average Bonchev–Trinajstić information content (AvgIpc) is 2.42. The van der Waals surface area contributed by atoms with Crippen LogP contribution in [0.15, 0.2) is 22.7 Å². The molecule has 0 spiro atoms. The summed E-state index contributed by atoms with van der Waals surface area (Å²) in [5.41, 5.74) is 0.0105. The van der Waals surface area contributed by atoms with Crippen LogP contribution in [0.1, 0.15) is 30.1 Å². The third-order valence-corrected chi connectivity index (χ3v) is 3.33. The first-order valence-electron chi connectivity index (χ1n) is 6.27. The van der Waals surface area contributed by atoms with Gasteiger partial charge in [-0.25, -0.2) is 0 Å². The second kappa shape index (κ2) is 7.72. The van der Waals surface area contributed by atoms with Crippen LogP contribution in [0.5, 0.6) is 0 Å². The number of benzene rings is 1. The minimum atomic E-state index is -0.871. The summed E-state index contributed by atoms with van der Waals surface area (Å²) >= 11 is 3.12. The summed E-state index contributed by atoms with van der Waals surface area (Å²) in [5.74, 6) is -1.76. The lowest BCUT2D eigenvalue weighted by Gasteiger charge is -2.08. The maximum absolute atomic E-state index is 11.9. The summed E-state index contributed by atoms with van der Waals surface area (Å²) < 4.78 is 0.446. The molecule has 0 aliphatic rings. The van der Waals surface area contributed by atoms with Crippen LogP contribution in [-0.4, -0.2) is 28.5 Å². The predicted molar refractivity (Wildman–Crippen MR) is 79.2 cm³/mol. The number of carbonyl (C=O) groups is 2. The number of rotatable bonds is 7. The van der Waals surface area contributed by atoms with E-state index in [9.17, 15) is 19.7 Å². The number of carbonyl (C=O) groups excluding carboxylic acids is 1. The number of non-ortho nitro benzene ring substituents is 1. The van der Waals surface area contributed by atoms with Crippen LogP contribution in [0.2, 0.25) is 0 Å². The Hall–Kier alpha value is -1.96. The zero-order valence-corrected chi connectivity index (χ0v) is 12.9. The fourth-order valence-corrected chi connectivity index (χ4v) is 2.13. The second-order valence-corrected chi connectivity index (χ2v) is 5.51. The van der Waals surface area contributed by atoms with Gasteiger partial charge in [0.25, 0.3) is 11.6 Å². The van der Waals surface area contributed by atoms with Crippen LogP contribution in [0.3, 0.4) is 0 Å². The van der Waals surface area contributed by atoms with Gasteiger partial charge in [-0.1, -0.05) is 22.9 Å². The van der Waals surface area contributed by atoms with Crippen LogP contribution in [0, 0.1) is 16.0 Å². The first-order chi connectivity index (χ1) is 9.81. The van der Waals surface area contributed by atoms with Gasteiger partial charge < -0.3 is 10.4 Å². The number of carboxylic acids is 1. The van der Waals surface area contributed by atoms with Crippen molar-refractivity contribution in [2.24, 2.45) is 5.92 Å². The summed E-state index contributed by atoms with van der Waals surface area (Å²) in [6.07, 6.45) is 0.976. The number of nitrogens with zero attached hydrogens (tertiary/aromatic N) is 1. The number of hydrogen-bond acceptors (Lipinski definition) is 4. The lowest BCUT2D eigenvalue weighted by Crippen LogP contribution is -2.25. The van der Waals surface area contributed by atoms with E-state index in [0.29, 0.717) is 23.9 Å². The Labute approximate surface area is 129 Å². The van der Waals surface area contributed by atoms with Crippen LogP contribution in [-0.2, 0) is 4.79 Å². The molecule has 2 N–H and O–H groups in total. The molecule has 0 radical (unpaired) electrons. The van der Waals surface area contributed by atoms with Crippen molar-refractivity contribution in [1.82, 2.24) is 5.32 Å². The molecular weight excluding hydrogens is 344 g/mol. The Bertz CT molecular complexity index is 561. The van der Waals surface area contributed by atoms with E-state index < -0.39 is 22.7 Å². The third-order valence-electron chi connectivity index (χ3n) is 2.88. The third kappa shape index (κ3) is 5.50. The summed E-state index contributed by atoms with van der Waals surface area (Å²) in [5, 5.41) is 22.1. The van der Waals surface area contributed by atoms with Gasteiger partial charge in [0.05, 0.1) is 10.8 Å². The van der Waals surface area contributed by atoms with Gasteiger partial charge in [0.15, 0.2) is 0 Å². The molecule has 0 heterocycles. The zero-order valence-electron chi connectivity index (χ0n) is 11.3. The van der Waals surface area contributed by atoms with E-state index in [0.717, 1.165) is 0 Å². The molecule has 21 heavy (non-hydrogen) atoms. The number of nitrogens with one attached hydrogen (secondary N) is 1. The molecule has 0 aliphatic heterocycles. The van der Waals surface area contributed by atoms with E-state index in [1.807, 2.05) is 0 Å². The van der Waals surface area contributed by atoms with Crippen molar-refractivity contribution in [2.45, 2.75) is 19.8 Å². The Kier molecular flexibility index (Phi) is 6.29. The molecule has 0 saturated carbocycles. The fourth-order valence-electron chi connectivity index (χ4n) is 1.65. The Balaban J connectivity index is 2.56. The summed E-state index contributed by atoms with van der Waals surface area (Å²) in [6, 6.07) is 3.99. The molecule has 7 nitrogen and oxygen atoms in total. The number of aliphatic carboxylic acids is 1. The standard InChI is InChI=1S/C13H15BrN2O5/c1-8(13(18)19)3-2-4-15-12(17)9-5-10(14)7-11(6-9)16(20)21/h5-8H,2-4H2,1H3,(H,15,17)(H,18,19). The normalized spacial score (nSPS) is 11.7. The molecule has 0 aliphatic carbocycles. The molecule has 1 rings (SSSR count). The van der Waals surface area contributed by atoms with Crippen LogP contribution >= 0.6 is 15.9 Å². The molecule has 1 aromatic carbocycles. The lowest BCUT2D eigenvalue weighted by atomic mass is 10.1. The number of hydrogen-bond donors (Lipinski definition) is 2. The van der Waals surface area contributed by atoms with E-state index in [1.54, 1.807) is 6.92 Å². The largest absolute Gasteiger partial charge is 0.481 e. The highest BCUT2D eigenvalue weighted by Gasteiger charge is 2.14. The smallest absolute Gasteiger partial charge is 0.306 e. The van der Waals surface area contributed by atoms with E-state index >= 15 is 0 Å². The van der Waals surface area contributed by atoms with Gasteiger partial charge in [0.2, 0.25) is 0 Å². The molecule has 114 valence electrons. The first-order valence-corrected chi connectivity index (χ1v) is 7.06. The minimum absolute atomic E-state index is 0.172. The van der Waals surface area contributed by atoms with E-state index in [-0.39, 0.29) is 11.3 Å². The second-order valence-electron chi connectivity index (χ2n) is 4.59. The number of nitro groups is 1. The zero-order chi connectivity index (χ0) is 16.0. The molecule has 1 atom stereocenters. The van der Waals surface area contributed by atoms with E-state index in [2.05, 4.69) is 21.2 Å². The first kappa shape index (κ1) is 17.1. The maximum Gasteiger partial charge on any atom is 0.306 e. The summed E-state index contributed by atoms with van der Waals surface area (Å²) in [7, 11) is 0. The Morgan fingerprint density at radius 2 is 2.10 bits per heavy atom. The number of halogens is 1. The summed E-state index contributed by atoms with van der Waals surface area (Å²) in [6.45, 7) is 1.92. The molecule has 1 amide bonds. The Morgan fingerprint density at radius 3 is 2.67 bits per heavy atom. The van der Waals surface area contributed by atoms with E-state index in [4.69, 9.17) is 5.11 Å². The number of amides is 1. The van der Waals surface area contributed by atoms with Crippen molar-refractivity contribution in [2.75, 3.05) is 6.54 Å². The maximum atomic E-state index is 11.9. The van der Waals surface area contributed by atoms with Crippen LogP contribution in [0.4, 0.5) is 5.69 Å².